The number of aromatic amines is 1. The third kappa shape index (κ3) is 5.22. The van der Waals surface area contributed by atoms with Gasteiger partial charge in [0.25, 0.3) is 0 Å². The van der Waals surface area contributed by atoms with E-state index in [-0.39, 0.29) is 31.2 Å². The van der Waals surface area contributed by atoms with Crippen LogP contribution in [0.3, 0.4) is 0 Å². The number of hydrogen-bond donors (Lipinski definition) is 2. The Balaban J connectivity index is 1.39. The van der Waals surface area contributed by atoms with Crippen molar-refractivity contribution in [2.75, 3.05) is 20.1 Å². The van der Waals surface area contributed by atoms with Gasteiger partial charge >= 0.3 is 5.97 Å². The van der Waals surface area contributed by atoms with Crippen LogP contribution < -0.4 is 0 Å². The molecule has 0 bridgehead atoms. The first-order chi connectivity index (χ1) is 15.9. The van der Waals surface area contributed by atoms with Gasteiger partial charge in [0.2, 0.25) is 11.8 Å². The molecule has 1 aliphatic carbocycles. The van der Waals surface area contributed by atoms with Gasteiger partial charge in [0.1, 0.15) is 12.4 Å². The lowest BCUT2D eigenvalue weighted by molar-refractivity contribution is -0.138. The van der Waals surface area contributed by atoms with E-state index in [0.29, 0.717) is 25.1 Å². The van der Waals surface area contributed by atoms with E-state index >= 15 is 0 Å². The van der Waals surface area contributed by atoms with E-state index in [9.17, 15) is 19.5 Å². The fourth-order valence-electron chi connectivity index (χ4n) is 4.35. The van der Waals surface area contributed by atoms with E-state index < -0.39 is 5.97 Å². The lowest BCUT2D eigenvalue weighted by Crippen LogP contribution is -2.41. The molecule has 2 amide bonds. The average Bonchev–Trinajstić information content (AvgIpc) is 3.17. The van der Waals surface area contributed by atoms with Gasteiger partial charge in [-0.25, -0.2) is 4.98 Å². The predicted octanol–water partition coefficient (Wildman–Crippen LogP) is 3.19. The number of carbonyl (C=O) groups excluding carboxylic acids is 2. The first-order valence-corrected chi connectivity index (χ1v) is 11.2. The van der Waals surface area contributed by atoms with Gasteiger partial charge in [0.15, 0.2) is 0 Å². The molecule has 0 atom stereocenters. The van der Waals surface area contributed by atoms with Crippen molar-refractivity contribution in [3.63, 3.8) is 0 Å². The van der Waals surface area contributed by atoms with Crippen LogP contribution in [-0.4, -0.2) is 62.8 Å². The average molecular weight is 449 g/mol. The Morgan fingerprint density at radius 3 is 2.85 bits per heavy atom. The Morgan fingerprint density at radius 1 is 1.24 bits per heavy atom. The topological polar surface area (TPSA) is 107 Å². The zero-order valence-electron chi connectivity index (χ0n) is 18.7. The lowest BCUT2D eigenvalue weighted by Gasteiger charge is -2.28. The maximum Gasteiger partial charge on any atom is 0.307 e. The molecule has 33 heavy (non-hydrogen) atoms. The van der Waals surface area contributed by atoms with Gasteiger partial charge < -0.3 is 19.9 Å². The summed E-state index contributed by atoms with van der Waals surface area (Å²) in [6, 6.07) is 7.86. The molecule has 0 unspecified atom stereocenters. The fraction of sp³-hybridized carbons (Fsp3) is 0.360. The second kappa shape index (κ2) is 9.85. The molecule has 2 N–H and O–H groups in total. The molecule has 0 radical (unpaired) electrons. The third-order valence-electron chi connectivity index (χ3n) is 6.11. The normalized spacial score (nSPS) is 16.0. The summed E-state index contributed by atoms with van der Waals surface area (Å²) in [5.74, 6) is -0.324. The number of hydrogen-bond acceptors (Lipinski definition) is 4. The summed E-state index contributed by atoms with van der Waals surface area (Å²) in [6.07, 6.45) is 8.16. The summed E-state index contributed by atoms with van der Waals surface area (Å²) >= 11 is 0. The maximum absolute atomic E-state index is 12.9. The number of nitrogens with one attached hydrogen (secondary N) is 1. The minimum absolute atomic E-state index is 0.0521. The van der Waals surface area contributed by atoms with Crippen LogP contribution >= 0.6 is 0 Å². The predicted molar refractivity (Wildman–Crippen MR) is 124 cm³/mol. The lowest BCUT2D eigenvalue weighted by atomic mass is 9.94. The van der Waals surface area contributed by atoms with Crippen LogP contribution in [0.25, 0.3) is 11.0 Å². The number of aryl methyl sites for hydroxylation is 1. The molecule has 8 nitrogen and oxygen atoms in total. The first kappa shape index (κ1) is 22.5. The van der Waals surface area contributed by atoms with Gasteiger partial charge in [-0.2, -0.15) is 0 Å². The molecular weight excluding hydrogens is 420 g/mol. The second-order valence-corrected chi connectivity index (χ2v) is 8.44. The minimum atomic E-state index is -0.910. The van der Waals surface area contributed by atoms with Crippen molar-refractivity contribution in [1.29, 1.82) is 0 Å². The smallest absolute Gasteiger partial charge is 0.307 e. The molecule has 2 aliphatic rings. The third-order valence-corrected chi connectivity index (χ3v) is 6.11. The molecule has 172 valence electrons. The number of H-pyrrole nitrogens is 1. The molecule has 1 aromatic heterocycles. The van der Waals surface area contributed by atoms with Crippen LogP contribution in [0.1, 0.15) is 37.9 Å². The van der Waals surface area contributed by atoms with Crippen molar-refractivity contribution in [2.45, 2.75) is 38.5 Å². The highest BCUT2D eigenvalue weighted by molar-refractivity contribution is 5.88. The highest BCUT2D eigenvalue weighted by Crippen LogP contribution is 2.33. The highest BCUT2D eigenvalue weighted by Gasteiger charge is 2.30. The SMILES string of the molecule is CN(CCCc1nc2ccccc2[nH]1)C(=O)CN1C(=O)CCC(CC(=O)O)=C2CC=CC=C21. The van der Waals surface area contributed by atoms with Crippen molar-refractivity contribution >= 4 is 28.8 Å². The summed E-state index contributed by atoms with van der Waals surface area (Å²) in [4.78, 5) is 48.1. The Bertz CT molecular complexity index is 1140. The molecular formula is C25H28N4O4. The molecule has 8 heteroatoms. The molecule has 0 saturated heterocycles. The monoisotopic (exact) mass is 448 g/mol. The van der Waals surface area contributed by atoms with Crippen molar-refractivity contribution < 1.29 is 19.5 Å². The maximum atomic E-state index is 12.9. The number of likely N-dealkylation sites (N-methyl/N-ethyl adjacent to an activating group) is 1. The van der Waals surface area contributed by atoms with Crippen molar-refractivity contribution in [3.05, 3.63) is 65.2 Å². The Morgan fingerprint density at radius 2 is 2.06 bits per heavy atom. The van der Waals surface area contributed by atoms with Gasteiger partial charge in [-0.15, -0.1) is 0 Å². The number of carboxylic acid groups (broad SMARTS) is 1. The summed E-state index contributed by atoms with van der Waals surface area (Å²) < 4.78 is 0. The molecule has 1 aliphatic heterocycles. The molecule has 0 fully saturated rings. The minimum Gasteiger partial charge on any atom is -0.481 e. The quantitative estimate of drug-likeness (QED) is 0.645. The number of rotatable bonds is 8. The number of aliphatic carboxylic acids is 1. The second-order valence-electron chi connectivity index (χ2n) is 8.44. The van der Waals surface area contributed by atoms with Crippen LogP contribution in [0, 0.1) is 0 Å². The summed E-state index contributed by atoms with van der Waals surface area (Å²) in [5, 5.41) is 9.27. The van der Waals surface area contributed by atoms with Gasteiger partial charge in [-0.3, -0.25) is 14.4 Å². The number of allylic oxidation sites excluding steroid dienone is 4. The Labute approximate surface area is 192 Å². The standard InChI is InChI=1S/C25H28N4O4/c1-28(14-6-11-22-26-19-8-3-4-9-20(19)27-22)24(31)16-29-21-10-5-2-7-18(21)17(15-25(32)33)12-13-23(29)30/h2-5,8-10H,6-7,11-16H2,1H3,(H,26,27)(H,32,33). The van der Waals surface area contributed by atoms with E-state index in [0.717, 1.165) is 40.8 Å². The van der Waals surface area contributed by atoms with E-state index in [1.54, 1.807) is 18.0 Å². The Kier molecular flexibility index (Phi) is 6.72. The van der Waals surface area contributed by atoms with Crippen LogP contribution in [0.15, 0.2) is 59.3 Å². The molecule has 2 aromatic rings. The number of amides is 2. The van der Waals surface area contributed by atoms with E-state index in [4.69, 9.17) is 0 Å². The van der Waals surface area contributed by atoms with E-state index in [1.807, 2.05) is 36.4 Å². The summed E-state index contributed by atoms with van der Waals surface area (Å²) in [5.41, 5.74) is 4.20. The van der Waals surface area contributed by atoms with Gasteiger partial charge in [0.05, 0.1) is 17.5 Å². The number of carboxylic acids is 1. The van der Waals surface area contributed by atoms with E-state index in [2.05, 4.69) is 9.97 Å². The number of carbonyl (C=O) groups is 3. The van der Waals surface area contributed by atoms with Crippen molar-refractivity contribution in [1.82, 2.24) is 19.8 Å². The number of imidazole rings is 1. The first-order valence-electron chi connectivity index (χ1n) is 11.2. The molecule has 0 spiro atoms. The van der Waals surface area contributed by atoms with Gasteiger partial charge in [-0.1, -0.05) is 29.9 Å². The van der Waals surface area contributed by atoms with Crippen molar-refractivity contribution in [3.8, 4) is 0 Å². The molecule has 4 rings (SSSR count). The van der Waals surface area contributed by atoms with Crippen molar-refractivity contribution in [2.24, 2.45) is 0 Å². The number of benzene rings is 1. The summed E-state index contributed by atoms with van der Waals surface area (Å²) in [7, 11) is 1.74. The number of para-hydroxylation sites is 2. The van der Waals surface area contributed by atoms with E-state index in [1.165, 1.54) is 4.90 Å². The zero-order valence-corrected chi connectivity index (χ0v) is 18.7. The zero-order chi connectivity index (χ0) is 23.4. The fourth-order valence-corrected chi connectivity index (χ4v) is 4.35. The van der Waals surface area contributed by atoms with Crippen LogP contribution in [0.4, 0.5) is 0 Å². The van der Waals surface area contributed by atoms with Crippen LogP contribution in [0.2, 0.25) is 0 Å². The summed E-state index contributed by atoms with van der Waals surface area (Å²) in [6.45, 7) is 0.493. The molecule has 1 aromatic carbocycles. The molecule has 0 saturated carbocycles. The largest absolute Gasteiger partial charge is 0.481 e. The Hall–Kier alpha value is -3.68. The van der Waals surface area contributed by atoms with Gasteiger partial charge in [0, 0.05) is 32.1 Å². The number of fused-ring (bicyclic) bond motifs is 2. The van der Waals surface area contributed by atoms with Crippen LogP contribution in [-0.2, 0) is 20.8 Å². The number of nitrogens with zero attached hydrogens (tertiary/aromatic N) is 3. The number of aromatic nitrogens is 2. The molecule has 2 heterocycles. The van der Waals surface area contributed by atoms with Crippen LogP contribution in [0.5, 0.6) is 0 Å². The highest BCUT2D eigenvalue weighted by atomic mass is 16.4. The van der Waals surface area contributed by atoms with Gasteiger partial charge in [-0.05, 0) is 43.0 Å².